The Bertz CT molecular complexity index is 471. The van der Waals surface area contributed by atoms with E-state index in [0.29, 0.717) is 0 Å². The number of nitrogens with zero attached hydrogens (tertiary/aromatic N) is 1. The van der Waals surface area contributed by atoms with Crippen molar-refractivity contribution >= 4 is 32.8 Å². The van der Waals surface area contributed by atoms with Gasteiger partial charge in [0.15, 0.2) is 0 Å². The maximum absolute atomic E-state index is 4.23. The van der Waals surface area contributed by atoms with E-state index in [1.54, 1.807) is 0 Å². The van der Waals surface area contributed by atoms with E-state index in [-0.39, 0.29) is 0 Å². The molecule has 2 heteroatoms. The molecule has 0 fully saturated rings. The summed E-state index contributed by atoms with van der Waals surface area (Å²) in [6.07, 6.45) is 9.16. The van der Waals surface area contributed by atoms with Gasteiger partial charge in [-0.1, -0.05) is 52.3 Å². The second kappa shape index (κ2) is 5.08. The molecule has 0 atom stereocenters. The molecule has 0 aliphatic rings. The standard InChI is InChI=1S/C13H12BrN/c14-8-4-3-6-12-10-15-9-11-5-1-2-7-13(11)12/h1-3,5-7,9-10H,4,8H2/b6-3+. The van der Waals surface area contributed by atoms with Gasteiger partial charge >= 0.3 is 0 Å². The molecule has 1 aromatic heterocycles. The van der Waals surface area contributed by atoms with Gasteiger partial charge in [-0.05, 0) is 11.8 Å². The van der Waals surface area contributed by atoms with Crippen LogP contribution in [0, 0.1) is 0 Å². The minimum atomic E-state index is 1.00. The summed E-state index contributed by atoms with van der Waals surface area (Å²) in [6.45, 7) is 0. The van der Waals surface area contributed by atoms with Gasteiger partial charge in [-0.2, -0.15) is 0 Å². The maximum Gasteiger partial charge on any atom is 0.0346 e. The van der Waals surface area contributed by atoms with Crippen LogP contribution in [-0.4, -0.2) is 10.3 Å². The number of pyridine rings is 1. The first kappa shape index (κ1) is 10.4. The van der Waals surface area contributed by atoms with Gasteiger partial charge in [-0.15, -0.1) is 0 Å². The first-order valence-corrected chi connectivity index (χ1v) is 6.09. The summed E-state index contributed by atoms with van der Waals surface area (Å²) in [7, 11) is 0. The molecule has 0 N–H and O–H groups in total. The van der Waals surface area contributed by atoms with Crippen LogP contribution in [0.1, 0.15) is 12.0 Å². The highest BCUT2D eigenvalue weighted by atomic mass is 79.9. The molecule has 0 bridgehead atoms. The number of aromatic nitrogens is 1. The van der Waals surface area contributed by atoms with Crippen LogP contribution in [-0.2, 0) is 0 Å². The molecule has 0 saturated heterocycles. The highest BCUT2D eigenvalue weighted by Crippen LogP contribution is 2.18. The Morgan fingerprint density at radius 3 is 2.93 bits per heavy atom. The molecule has 0 amide bonds. The van der Waals surface area contributed by atoms with E-state index in [9.17, 15) is 0 Å². The summed E-state index contributed by atoms with van der Waals surface area (Å²) in [5.74, 6) is 0. The van der Waals surface area contributed by atoms with Crippen LogP contribution in [0.15, 0.2) is 42.7 Å². The fourth-order valence-corrected chi connectivity index (χ4v) is 1.81. The van der Waals surface area contributed by atoms with Crippen molar-refractivity contribution in [1.82, 2.24) is 4.98 Å². The third-order valence-corrected chi connectivity index (χ3v) is 2.73. The lowest BCUT2D eigenvalue weighted by atomic mass is 10.1. The Morgan fingerprint density at radius 1 is 1.20 bits per heavy atom. The van der Waals surface area contributed by atoms with Gasteiger partial charge in [0.1, 0.15) is 0 Å². The van der Waals surface area contributed by atoms with Crippen molar-refractivity contribution in [2.75, 3.05) is 5.33 Å². The number of benzene rings is 1. The Hall–Kier alpha value is -1.15. The number of rotatable bonds is 3. The predicted molar refractivity (Wildman–Crippen MR) is 69.2 cm³/mol. The van der Waals surface area contributed by atoms with Gasteiger partial charge in [0.2, 0.25) is 0 Å². The van der Waals surface area contributed by atoms with Gasteiger partial charge in [-0.3, -0.25) is 4.98 Å². The zero-order chi connectivity index (χ0) is 10.5. The van der Waals surface area contributed by atoms with E-state index in [0.717, 1.165) is 11.8 Å². The van der Waals surface area contributed by atoms with Crippen molar-refractivity contribution in [2.24, 2.45) is 0 Å². The number of alkyl halides is 1. The number of hydrogen-bond donors (Lipinski definition) is 0. The lowest BCUT2D eigenvalue weighted by molar-refractivity contribution is 1.27. The first-order chi connectivity index (χ1) is 7.42. The molecular weight excluding hydrogens is 250 g/mol. The Morgan fingerprint density at radius 2 is 2.07 bits per heavy atom. The van der Waals surface area contributed by atoms with Gasteiger partial charge in [0.05, 0.1) is 0 Å². The molecule has 2 aromatic rings. The highest BCUT2D eigenvalue weighted by molar-refractivity contribution is 9.09. The van der Waals surface area contributed by atoms with Crippen molar-refractivity contribution in [3.63, 3.8) is 0 Å². The summed E-state index contributed by atoms with van der Waals surface area (Å²) in [5.41, 5.74) is 1.19. The second-order valence-electron chi connectivity index (χ2n) is 3.33. The third kappa shape index (κ3) is 2.45. The SMILES string of the molecule is BrCC/C=C/c1cncc2ccccc12. The lowest BCUT2D eigenvalue weighted by Gasteiger charge is -2.00. The summed E-state index contributed by atoms with van der Waals surface area (Å²) >= 11 is 3.41. The average molecular weight is 262 g/mol. The lowest BCUT2D eigenvalue weighted by Crippen LogP contribution is -1.80. The van der Waals surface area contributed by atoms with E-state index < -0.39 is 0 Å². The van der Waals surface area contributed by atoms with Crippen LogP contribution >= 0.6 is 15.9 Å². The van der Waals surface area contributed by atoms with Crippen LogP contribution in [0.3, 0.4) is 0 Å². The monoisotopic (exact) mass is 261 g/mol. The average Bonchev–Trinajstić information content (AvgIpc) is 2.30. The van der Waals surface area contributed by atoms with Gasteiger partial charge in [0.25, 0.3) is 0 Å². The van der Waals surface area contributed by atoms with E-state index in [1.165, 1.54) is 16.3 Å². The van der Waals surface area contributed by atoms with Crippen molar-refractivity contribution in [3.05, 3.63) is 48.3 Å². The van der Waals surface area contributed by atoms with E-state index in [1.807, 2.05) is 18.5 Å². The molecule has 0 aliphatic carbocycles. The first-order valence-electron chi connectivity index (χ1n) is 4.97. The third-order valence-electron chi connectivity index (χ3n) is 2.27. The quantitative estimate of drug-likeness (QED) is 0.761. The Balaban J connectivity index is 2.42. The largest absolute Gasteiger partial charge is 0.263 e. The van der Waals surface area contributed by atoms with Crippen molar-refractivity contribution in [1.29, 1.82) is 0 Å². The Labute approximate surface area is 98.0 Å². The van der Waals surface area contributed by atoms with Crippen molar-refractivity contribution in [2.45, 2.75) is 6.42 Å². The van der Waals surface area contributed by atoms with Gasteiger partial charge < -0.3 is 0 Å². The number of allylic oxidation sites excluding steroid dienone is 1. The molecule has 0 unspecified atom stereocenters. The molecule has 1 nitrogen and oxygen atoms in total. The van der Waals surface area contributed by atoms with Gasteiger partial charge in [-0.25, -0.2) is 0 Å². The summed E-state index contributed by atoms with van der Waals surface area (Å²) in [6, 6.07) is 8.31. The summed E-state index contributed by atoms with van der Waals surface area (Å²) in [4.78, 5) is 4.23. The summed E-state index contributed by atoms with van der Waals surface area (Å²) < 4.78 is 0. The predicted octanol–water partition coefficient (Wildman–Crippen LogP) is 4.03. The molecule has 0 radical (unpaired) electrons. The van der Waals surface area contributed by atoms with Gasteiger partial charge in [0, 0.05) is 28.7 Å². The zero-order valence-corrected chi connectivity index (χ0v) is 9.94. The van der Waals surface area contributed by atoms with E-state index >= 15 is 0 Å². The minimum Gasteiger partial charge on any atom is -0.263 e. The molecule has 0 aliphatic heterocycles. The van der Waals surface area contributed by atoms with Crippen LogP contribution in [0.5, 0.6) is 0 Å². The number of halogens is 1. The highest BCUT2D eigenvalue weighted by Gasteiger charge is 1.96. The molecule has 0 spiro atoms. The topological polar surface area (TPSA) is 12.9 Å². The van der Waals surface area contributed by atoms with Crippen LogP contribution < -0.4 is 0 Å². The number of hydrogen-bond acceptors (Lipinski definition) is 1. The molecule has 15 heavy (non-hydrogen) atoms. The maximum atomic E-state index is 4.23. The zero-order valence-electron chi connectivity index (χ0n) is 8.36. The van der Waals surface area contributed by atoms with Crippen LogP contribution in [0.4, 0.5) is 0 Å². The molecule has 1 aromatic carbocycles. The normalized spacial score (nSPS) is 11.3. The van der Waals surface area contributed by atoms with E-state index in [4.69, 9.17) is 0 Å². The fourth-order valence-electron chi connectivity index (χ4n) is 1.55. The fraction of sp³-hybridized carbons (Fsp3) is 0.154. The number of fused-ring (bicyclic) bond motifs is 1. The molecule has 2 rings (SSSR count). The molecule has 76 valence electrons. The summed E-state index contributed by atoms with van der Waals surface area (Å²) in [5, 5.41) is 3.46. The van der Waals surface area contributed by atoms with Crippen molar-refractivity contribution < 1.29 is 0 Å². The van der Waals surface area contributed by atoms with E-state index in [2.05, 4.69) is 51.3 Å². The van der Waals surface area contributed by atoms with Crippen LogP contribution in [0.2, 0.25) is 0 Å². The molecule has 1 heterocycles. The van der Waals surface area contributed by atoms with Crippen molar-refractivity contribution in [3.8, 4) is 0 Å². The smallest absolute Gasteiger partial charge is 0.0346 e. The Kier molecular flexibility index (Phi) is 3.51. The minimum absolute atomic E-state index is 1.00. The molecule has 0 saturated carbocycles. The van der Waals surface area contributed by atoms with Crippen LogP contribution in [0.25, 0.3) is 16.8 Å². The second-order valence-corrected chi connectivity index (χ2v) is 4.12. The molecular formula is C13H12BrN.